The van der Waals surface area contributed by atoms with Gasteiger partial charge in [0, 0.05) is 11.7 Å². The van der Waals surface area contributed by atoms with Crippen molar-refractivity contribution in [2.45, 2.75) is 51.4 Å². The van der Waals surface area contributed by atoms with Crippen molar-refractivity contribution in [2.24, 2.45) is 5.92 Å². The molecule has 6 nitrogen and oxygen atoms in total. The van der Waals surface area contributed by atoms with Crippen molar-refractivity contribution in [3.63, 3.8) is 0 Å². The summed E-state index contributed by atoms with van der Waals surface area (Å²) in [7, 11) is 0. The van der Waals surface area contributed by atoms with Gasteiger partial charge in [0.2, 0.25) is 5.95 Å². The molecule has 9 heteroatoms. The Labute approximate surface area is 183 Å². The van der Waals surface area contributed by atoms with Crippen LogP contribution in [0.5, 0.6) is 5.75 Å². The van der Waals surface area contributed by atoms with Gasteiger partial charge in [0.1, 0.15) is 5.75 Å². The van der Waals surface area contributed by atoms with Gasteiger partial charge in [-0.1, -0.05) is 25.8 Å². The van der Waals surface area contributed by atoms with Gasteiger partial charge in [0.05, 0.1) is 17.5 Å². The highest BCUT2D eigenvalue weighted by Crippen LogP contribution is 2.38. The standard InChI is InChI=1S/C23H24F3N3O3/c1-14-3-2-4-17(11-14)29-20-10-5-15(13-21(30)31)12-19(20)28-22(29)27-16-6-8-18(9-7-16)32-23(24,25)26/h5-10,12,14,17H,2-4,11,13H2,1H3,(H,27,28)(H,30,31). The predicted octanol–water partition coefficient (Wildman–Crippen LogP) is 6.06. The molecule has 0 bridgehead atoms. The number of nitrogens with zero attached hydrogens (tertiary/aromatic N) is 2. The van der Waals surface area contributed by atoms with Crippen LogP contribution < -0.4 is 10.1 Å². The van der Waals surface area contributed by atoms with E-state index < -0.39 is 12.3 Å². The van der Waals surface area contributed by atoms with E-state index in [1.54, 1.807) is 12.1 Å². The zero-order chi connectivity index (χ0) is 22.9. The Bertz CT molecular complexity index is 1110. The van der Waals surface area contributed by atoms with Crippen LogP contribution in [0.4, 0.5) is 24.8 Å². The first-order valence-electron chi connectivity index (χ1n) is 10.5. The maximum absolute atomic E-state index is 12.4. The van der Waals surface area contributed by atoms with Crippen molar-refractivity contribution in [1.29, 1.82) is 0 Å². The van der Waals surface area contributed by atoms with E-state index in [1.807, 2.05) is 6.07 Å². The molecule has 2 N–H and O–H groups in total. The van der Waals surface area contributed by atoms with E-state index in [4.69, 9.17) is 10.1 Å². The lowest BCUT2D eigenvalue weighted by Gasteiger charge is -2.29. The number of carboxylic acids is 1. The van der Waals surface area contributed by atoms with Crippen LogP contribution in [0.3, 0.4) is 0 Å². The summed E-state index contributed by atoms with van der Waals surface area (Å²) in [5.41, 5.74) is 2.82. The molecule has 1 aliphatic rings. The molecule has 4 rings (SSSR count). The number of nitrogens with one attached hydrogen (secondary N) is 1. The third-order valence-electron chi connectivity index (χ3n) is 5.73. The first-order valence-corrected chi connectivity index (χ1v) is 10.5. The van der Waals surface area contributed by atoms with E-state index >= 15 is 0 Å². The molecule has 0 spiro atoms. The fraction of sp³-hybridized carbons (Fsp3) is 0.391. The molecule has 0 aliphatic heterocycles. The van der Waals surface area contributed by atoms with Crippen LogP contribution in [0, 0.1) is 5.92 Å². The fourth-order valence-electron chi connectivity index (χ4n) is 4.39. The Morgan fingerprint density at radius 2 is 1.97 bits per heavy atom. The van der Waals surface area contributed by atoms with Gasteiger partial charge in [-0.15, -0.1) is 13.2 Å². The molecule has 0 amide bonds. The molecule has 1 saturated carbocycles. The van der Waals surface area contributed by atoms with Gasteiger partial charge < -0.3 is 19.7 Å². The summed E-state index contributed by atoms with van der Waals surface area (Å²) in [6.45, 7) is 2.22. The SMILES string of the molecule is CC1CCCC(n2c(Nc3ccc(OC(F)(F)F)cc3)nc3cc(CC(=O)O)ccc32)C1. The number of hydrogen-bond donors (Lipinski definition) is 2. The summed E-state index contributed by atoms with van der Waals surface area (Å²) >= 11 is 0. The molecular formula is C23H24F3N3O3. The van der Waals surface area contributed by atoms with Crippen LogP contribution >= 0.6 is 0 Å². The number of benzene rings is 2. The molecule has 0 radical (unpaired) electrons. The minimum Gasteiger partial charge on any atom is -0.481 e. The third-order valence-corrected chi connectivity index (χ3v) is 5.73. The minimum atomic E-state index is -4.74. The Balaban J connectivity index is 1.68. The zero-order valence-electron chi connectivity index (χ0n) is 17.5. The number of ether oxygens (including phenoxy) is 1. The van der Waals surface area contributed by atoms with Gasteiger partial charge in [0.15, 0.2) is 0 Å². The molecule has 2 aromatic carbocycles. The van der Waals surface area contributed by atoms with Crippen molar-refractivity contribution in [3.8, 4) is 5.75 Å². The number of aromatic nitrogens is 2. The van der Waals surface area contributed by atoms with E-state index in [9.17, 15) is 18.0 Å². The predicted molar refractivity (Wildman–Crippen MR) is 114 cm³/mol. The number of carboxylic acid groups (broad SMARTS) is 1. The highest BCUT2D eigenvalue weighted by Gasteiger charge is 2.31. The summed E-state index contributed by atoms with van der Waals surface area (Å²) in [5.74, 6) is -0.0550. The number of fused-ring (bicyclic) bond motifs is 1. The van der Waals surface area contributed by atoms with Crippen LogP contribution in [-0.2, 0) is 11.2 Å². The second-order valence-corrected chi connectivity index (χ2v) is 8.32. The second-order valence-electron chi connectivity index (χ2n) is 8.32. The smallest absolute Gasteiger partial charge is 0.481 e. The number of rotatable bonds is 6. The molecule has 1 aliphatic carbocycles. The van der Waals surface area contributed by atoms with Gasteiger partial charge >= 0.3 is 12.3 Å². The lowest BCUT2D eigenvalue weighted by molar-refractivity contribution is -0.274. The summed E-state index contributed by atoms with van der Waals surface area (Å²) in [6.07, 6.45) is -0.559. The maximum atomic E-state index is 12.4. The average molecular weight is 447 g/mol. The summed E-state index contributed by atoms with van der Waals surface area (Å²) in [5, 5.41) is 12.3. The zero-order valence-corrected chi connectivity index (χ0v) is 17.5. The summed E-state index contributed by atoms with van der Waals surface area (Å²) < 4.78 is 43.3. The van der Waals surface area contributed by atoms with Gasteiger partial charge in [-0.3, -0.25) is 4.79 Å². The Morgan fingerprint density at radius 1 is 1.22 bits per heavy atom. The van der Waals surface area contributed by atoms with Gasteiger partial charge in [0.25, 0.3) is 0 Å². The molecule has 1 fully saturated rings. The Hall–Kier alpha value is -3.23. The summed E-state index contributed by atoms with van der Waals surface area (Å²) in [4.78, 5) is 15.8. The van der Waals surface area contributed by atoms with Crippen molar-refractivity contribution < 1.29 is 27.8 Å². The van der Waals surface area contributed by atoms with Gasteiger partial charge in [-0.05, 0) is 60.7 Å². The average Bonchev–Trinajstić information content (AvgIpc) is 3.05. The monoisotopic (exact) mass is 447 g/mol. The van der Waals surface area contributed by atoms with Crippen molar-refractivity contribution in [1.82, 2.24) is 9.55 Å². The third kappa shape index (κ3) is 5.15. The molecule has 3 aromatic rings. The largest absolute Gasteiger partial charge is 0.573 e. The van der Waals surface area contributed by atoms with Crippen LogP contribution in [0.1, 0.15) is 44.2 Å². The molecule has 32 heavy (non-hydrogen) atoms. The number of alkyl halides is 3. The molecule has 170 valence electrons. The van der Waals surface area contributed by atoms with Crippen LogP contribution in [-0.4, -0.2) is 27.0 Å². The van der Waals surface area contributed by atoms with Crippen molar-refractivity contribution >= 4 is 28.6 Å². The lowest BCUT2D eigenvalue weighted by Crippen LogP contribution is -2.19. The van der Waals surface area contributed by atoms with E-state index in [1.165, 1.54) is 30.7 Å². The first-order chi connectivity index (χ1) is 15.2. The van der Waals surface area contributed by atoms with Crippen LogP contribution in [0.15, 0.2) is 42.5 Å². The fourth-order valence-corrected chi connectivity index (χ4v) is 4.39. The minimum absolute atomic E-state index is 0.0906. The van der Waals surface area contributed by atoms with Gasteiger partial charge in [-0.2, -0.15) is 0 Å². The molecule has 1 heterocycles. The number of carbonyl (C=O) groups is 1. The second kappa shape index (κ2) is 8.72. The number of hydrogen-bond acceptors (Lipinski definition) is 4. The maximum Gasteiger partial charge on any atom is 0.573 e. The molecule has 2 atom stereocenters. The normalized spacial score (nSPS) is 19.1. The Kier molecular flexibility index (Phi) is 5.99. The topological polar surface area (TPSA) is 76.4 Å². The number of halogens is 3. The van der Waals surface area contributed by atoms with Crippen molar-refractivity contribution in [2.75, 3.05) is 5.32 Å². The quantitative estimate of drug-likeness (QED) is 0.481. The first kappa shape index (κ1) is 22.0. The van der Waals surface area contributed by atoms with Gasteiger partial charge in [-0.25, -0.2) is 4.98 Å². The summed E-state index contributed by atoms with van der Waals surface area (Å²) in [6, 6.07) is 11.2. The van der Waals surface area contributed by atoms with E-state index in [0.29, 0.717) is 28.6 Å². The van der Waals surface area contributed by atoms with Crippen molar-refractivity contribution in [3.05, 3.63) is 48.0 Å². The molecular weight excluding hydrogens is 423 g/mol. The highest BCUT2D eigenvalue weighted by molar-refractivity contribution is 5.82. The Morgan fingerprint density at radius 3 is 2.62 bits per heavy atom. The van der Waals surface area contributed by atoms with Crippen LogP contribution in [0.2, 0.25) is 0 Å². The molecule has 0 saturated heterocycles. The highest BCUT2D eigenvalue weighted by atomic mass is 19.4. The number of aliphatic carboxylic acids is 1. The van der Waals surface area contributed by atoms with Crippen LogP contribution in [0.25, 0.3) is 11.0 Å². The number of imidazole rings is 1. The number of anilines is 2. The van der Waals surface area contributed by atoms with E-state index in [2.05, 4.69) is 21.5 Å². The van der Waals surface area contributed by atoms with E-state index in [-0.39, 0.29) is 18.2 Å². The molecule has 2 unspecified atom stereocenters. The molecule has 1 aromatic heterocycles. The van der Waals surface area contributed by atoms with E-state index in [0.717, 1.165) is 24.8 Å². The lowest BCUT2D eigenvalue weighted by atomic mass is 9.87.